The summed E-state index contributed by atoms with van der Waals surface area (Å²) in [7, 11) is 5.93. The summed E-state index contributed by atoms with van der Waals surface area (Å²) in [6, 6.07) is 0. The number of amides is 1. The summed E-state index contributed by atoms with van der Waals surface area (Å²) in [4.78, 5) is 15.2. The predicted molar refractivity (Wildman–Crippen MR) is 59.4 cm³/mol. The fourth-order valence-electron chi connectivity index (χ4n) is 1.03. The van der Waals surface area contributed by atoms with E-state index in [-0.39, 0.29) is 5.91 Å². The lowest BCUT2D eigenvalue weighted by Gasteiger charge is -2.15. The van der Waals surface area contributed by atoms with Crippen LogP contribution in [0.3, 0.4) is 0 Å². The summed E-state index contributed by atoms with van der Waals surface area (Å²) < 4.78 is 0. The first kappa shape index (κ1) is 13.4. The monoisotopic (exact) mass is 201 g/mol. The first-order valence-electron chi connectivity index (χ1n) is 5.17. The molecule has 0 aromatic rings. The molecule has 0 radical (unpaired) electrons. The Hall–Kier alpha value is -0.610. The zero-order chi connectivity index (χ0) is 11.0. The standard InChI is InChI=1S/C10H23N3O/c1-5-13(4)10(14)9-11-7-6-8-12(2)3/h11H,5-9H2,1-4H3. The third-order valence-electron chi connectivity index (χ3n) is 2.14. The minimum absolute atomic E-state index is 0.164. The van der Waals surface area contributed by atoms with Crippen LogP contribution in [0.5, 0.6) is 0 Å². The van der Waals surface area contributed by atoms with E-state index in [2.05, 4.69) is 24.3 Å². The van der Waals surface area contributed by atoms with Crippen molar-refractivity contribution < 1.29 is 4.79 Å². The molecule has 4 heteroatoms. The Morgan fingerprint density at radius 3 is 2.43 bits per heavy atom. The number of nitrogens with one attached hydrogen (secondary N) is 1. The average Bonchev–Trinajstić information content (AvgIpc) is 2.15. The summed E-state index contributed by atoms with van der Waals surface area (Å²) in [5, 5.41) is 3.14. The number of nitrogens with zero attached hydrogens (tertiary/aromatic N) is 2. The molecule has 0 aliphatic carbocycles. The number of hydrogen-bond donors (Lipinski definition) is 1. The molecule has 0 aromatic heterocycles. The van der Waals surface area contributed by atoms with Gasteiger partial charge in [0.05, 0.1) is 6.54 Å². The Bertz CT molecular complexity index is 159. The molecule has 0 spiro atoms. The van der Waals surface area contributed by atoms with Gasteiger partial charge in [-0.3, -0.25) is 4.79 Å². The normalized spacial score (nSPS) is 10.6. The van der Waals surface area contributed by atoms with Gasteiger partial charge in [0, 0.05) is 13.6 Å². The van der Waals surface area contributed by atoms with Gasteiger partial charge in [-0.15, -0.1) is 0 Å². The summed E-state index contributed by atoms with van der Waals surface area (Å²) in [6.45, 7) is 5.17. The van der Waals surface area contributed by atoms with Crippen LogP contribution < -0.4 is 5.32 Å². The van der Waals surface area contributed by atoms with E-state index in [0.29, 0.717) is 6.54 Å². The van der Waals surface area contributed by atoms with Crippen LogP contribution in [0.4, 0.5) is 0 Å². The highest BCUT2D eigenvalue weighted by Gasteiger charge is 2.04. The topological polar surface area (TPSA) is 35.6 Å². The molecule has 0 fully saturated rings. The summed E-state index contributed by atoms with van der Waals surface area (Å²) >= 11 is 0. The lowest BCUT2D eigenvalue weighted by molar-refractivity contribution is -0.128. The molecular weight excluding hydrogens is 178 g/mol. The van der Waals surface area contributed by atoms with Crippen LogP contribution in [0.1, 0.15) is 13.3 Å². The maximum absolute atomic E-state index is 11.3. The van der Waals surface area contributed by atoms with E-state index >= 15 is 0 Å². The second kappa shape index (κ2) is 7.76. The SMILES string of the molecule is CCN(C)C(=O)CNCCCN(C)C. The van der Waals surface area contributed by atoms with Crippen LogP contribution in [0.25, 0.3) is 0 Å². The van der Waals surface area contributed by atoms with Gasteiger partial charge in [-0.25, -0.2) is 0 Å². The van der Waals surface area contributed by atoms with Crippen molar-refractivity contribution in [1.29, 1.82) is 0 Å². The van der Waals surface area contributed by atoms with Gasteiger partial charge in [-0.05, 0) is 40.5 Å². The van der Waals surface area contributed by atoms with Gasteiger partial charge in [0.2, 0.25) is 5.91 Å². The molecule has 84 valence electrons. The Morgan fingerprint density at radius 1 is 1.29 bits per heavy atom. The molecule has 0 bridgehead atoms. The molecule has 0 atom stereocenters. The summed E-state index contributed by atoms with van der Waals surface area (Å²) in [5.41, 5.74) is 0. The fourth-order valence-corrected chi connectivity index (χ4v) is 1.03. The van der Waals surface area contributed by atoms with Crippen LogP contribution in [0.2, 0.25) is 0 Å². The van der Waals surface area contributed by atoms with Crippen molar-refractivity contribution in [3.8, 4) is 0 Å². The van der Waals surface area contributed by atoms with Gasteiger partial charge >= 0.3 is 0 Å². The minimum atomic E-state index is 0.164. The van der Waals surface area contributed by atoms with Gasteiger partial charge < -0.3 is 15.1 Å². The maximum atomic E-state index is 11.3. The molecule has 1 N–H and O–H groups in total. The van der Waals surface area contributed by atoms with Gasteiger partial charge in [0.1, 0.15) is 0 Å². The molecule has 0 unspecified atom stereocenters. The molecule has 0 aromatic carbocycles. The van der Waals surface area contributed by atoms with Gasteiger partial charge in [-0.2, -0.15) is 0 Å². The first-order chi connectivity index (χ1) is 6.57. The largest absolute Gasteiger partial charge is 0.345 e. The predicted octanol–water partition coefficient (Wildman–Crippen LogP) is 0.00600. The van der Waals surface area contributed by atoms with Crippen LogP contribution in [0.15, 0.2) is 0 Å². The molecule has 0 saturated heterocycles. The third kappa shape index (κ3) is 6.86. The lowest BCUT2D eigenvalue weighted by Crippen LogP contribution is -2.36. The van der Waals surface area contributed by atoms with E-state index in [1.165, 1.54) is 0 Å². The first-order valence-corrected chi connectivity index (χ1v) is 5.17. The van der Waals surface area contributed by atoms with Crippen molar-refractivity contribution in [3.63, 3.8) is 0 Å². The fraction of sp³-hybridized carbons (Fsp3) is 0.900. The number of hydrogen-bond acceptors (Lipinski definition) is 3. The third-order valence-corrected chi connectivity index (χ3v) is 2.14. The van der Waals surface area contributed by atoms with Gasteiger partial charge in [-0.1, -0.05) is 0 Å². The molecule has 0 rings (SSSR count). The van der Waals surface area contributed by atoms with Crippen LogP contribution in [-0.2, 0) is 4.79 Å². The number of rotatable bonds is 7. The Labute approximate surface area is 87.3 Å². The Morgan fingerprint density at radius 2 is 1.93 bits per heavy atom. The van der Waals surface area contributed by atoms with Crippen LogP contribution >= 0.6 is 0 Å². The van der Waals surface area contributed by atoms with E-state index < -0.39 is 0 Å². The molecule has 0 heterocycles. The smallest absolute Gasteiger partial charge is 0.236 e. The van der Waals surface area contributed by atoms with Crippen LogP contribution in [0, 0.1) is 0 Å². The van der Waals surface area contributed by atoms with E-state index in [4.69, 9.17) is 0 Å². The van der Waals surface area contributed by atoms with Crippen molar-refractivity contribution in [3.05, 3.63) is 0 Å². The molecule has 0 aliphatic rings. The Balaban J connectivity index is 3.32. The van der Waals surface area contributed by atoms with Crippen molar-refractivity contribution in [2.24, 2.45) is 0 Å². The number of carbonyl (C=O) groups excluding carboxylic acids is 1. The molecule has 14 heavy (non-hydrogen) atoms. The highest BCUT2D eigenvalue weighted by atomic mass is 16.2. The van der Waals surface area contributed by atoms with E-state index in [9.17, 15) is 4.79 Å². The maximum Gasteiger partial charge on any atom is 0.236 e. The quantitative estimate of drug-likeness (QED) is 0.589. The molecule has 0 saturated carbocycles. The average molecular weight is 201 g/mol. The van der Waals surface area contributed by atoms with E-state index in [0.717, 1.165) is 26.1 Å². The Kier molecular flexibility index (Phi) is 7.42. The minimum Gasteiger partial charge on any atom is -0.345 e. The number of carbonyl (C=O) groups is 1. The second-order valence-electron chi connectivity index (χ2n) is 3.74. The highest BCUT2D eigenvalue weighted by Crippen LogP contribution is 1.83. The van der Waals surface area contributed by atoms with Gasteiger partial charge in [0.15, 0.2) is 0 Å². The molecule has 0 aliphatic heterocycles. The van der Waals surface area contributed by atoms with Crippen molar-refractivity contribution in [1.82, 2.24) is 15.1 Å². The molecule has 1 amide bonds. The summed E-state index contributed by atoms with van der Waals surface area (Å²) in [6.07, 6.45) is 1.08. The zero-order valence-electron chi connectivity index (χ0n) is 9.84. The zero-order valence-corrected chi connectivity index (χ0v) is 9.84. The van der Waals surface area contributed by atoms with Crippen molar-refractivity contribution >= 4 is 5.91 Å². The van der Waals surface area contributed by atoms with Gasteiger partial charge in [0.25, 0.3) is 0 Å². The second-order valence-corrected chi connectivity index (χ2v) is 3.74. The van der Waals surface area contributed by atoms with Crippen molar-refractivity contribution in [2.75, 3.05) is 47.3 Å². The van der Waals surface area contributed by atoms with Crippen molar-refractivity contribution in [2.45, 2.75) is 13.3 Å². The number of likely N-dealkylation sites (N-methyl/N-ethyl adjacent to an activating group) is 1. The summed E-state index contributed by atoms with van der Waals surface area (Å²) in [5.74, 6) is 0.164. The van der Waals surface area contributed by atoms with E-state index in [1.54, 1.807) is 4.90 Å². The lowest BCUT2D eigenvalue weighted by atomic mass is 10.4. The molecular formula is C10H23N3O. The molecule has 4 nitrogen and oxygen atoms in total. The highest BCUT2D eigenvalue weighted by molar-refractivity contribution is 5.77. The van der Waals surface area contributed by atoms with E-state index in [1.807, 2.05) is 14.0 Å². The van der Waals surface area contributed by atoms with Crippen LogP contribution in [-0.4, -0.2) is 63.0 Å².